The van der Waals surface area contributed by atoms with E-state index in [0.717, 1.165) is 29.8 Å². The monoisotopic (exact) mass is 431 g/mol. The van der Waals surface area contributed by atoms with Crippen molar-refractivity contribution >= 4 is 23.5 Å². The second-order valence-electron chi connectivity index (χ2n) is 7.55. The zero-order valence-corrected chi connectivity index (χ0v) is 17.8. The molecule has 4 aromatic rings. The summed E-state index contributed by atoms with van der Waals surface area (Å²) >= 11 is 1.24. The van der Waals surface area contributed by atoms with Crippen LogP contribution in [0, 0.1) is 6.92 Å². The van der Waals surface area contributed by atoms with E-state index in [0.29, 0.717) is 22.8 Å². The molecule has 1 aliphatic carbocycles. The predicted molar refractivity (Wildman–Crippen MR) is 119 cm³/mol. The summed E-state index contributed by atoms with van der Waals surface area (Å²) in [6, 6.07) is 19.8. The van der Waals surface area contributed by atoms with Gasteiger partial charge in [-0.25, -0.2) is 4.68 Å². The molecule has 0 spiro atoms. The van der Waals surface area contributed by atoms with Crippen LogP contribution in [0.4, 0.5) is 5.82 Å². The summed E-state index contributed by atoms with van der Waals surface area (Å²) in [7, 11) is 0. The van der Waals surface area contributed by atoms with Crippen LogP contribution in [0.15, 0.2) is 70.3 Å². The number of rotatable bonds is 7. The number of thioether (sulfide) groups is 1. The SMILES string of the molecule is Cc1ccc(-c2cc(NC(=O)CSc3nnc(C4CC4)o3)n(-c3ccccc3)n2)cc1. The quantitative estimate of drug-likeness (QED) is 0.422. The highest BCUT2D eigenvalue weighted by molar-refractivity contribution is 7.99. The van der Waals surface area contributed by atoms with Crippen molar-refractivity contribution in [2.24, 2.45) is 0 Å². The third-order valence-electron chi connectivity index (χ3n) is 5.00. The number of nitrogens with one attached hydrogen (secondary N) is 1. The van der Waals surface area contributed by atoms with Crippen molar-refractivity contribution in [3.63, 3.8) is 0 Å². The Balaban J connectivity index is 1.34. The number of hydrogen-bond acceptors (Lipinski definition) is 6. The number of carbonyl (C=O) groups is 1. The lowest BCUT2D eigenvalue weighted by molar-refractivity contribution is -0.113. The van der Waals surface area contributed by atoms with Crippen molar-refractivity contribution in [2.75, 3.05) is 11.1 Å². The van der Waals surface area contributed by atoms with Crippen molar-refractivity contribution < 1.29 is 9.21 Å². The van der Waals surface area contributed by atoms with Gasteiger partial charge in [0, 0.05) is 17.5 Å². The van der Waals surface area contributed by atoms with E-state index in [-0.39, 0.29) is 11.7 Å². The van der Waals surface area contributed by atoms with Crippen LogP contribution in [0.25, 0.3) is 16.9 Å². The van der Waals surface area contributed by atoms with Crippen LogP contribution in [0.1, 0.15) is 30.2 Å². The number of benzene rings is 2. The van der Waals surface area contributed by atoms with Crippen molar-refractivity contribution in [1.82, 2.24) is 20.0 Å². The second kappa shape index (κ2) is 8.39. The largest absolute Gasteiger partial charge is 0.416 e. The van der Waals surface area contributed by atoms with Gasteiger partial charge in [-0.1, -0.05) is 59.8 Å². The molecular weight excluding hydrogens is 410 g/mol. The number of nitrogens with zero attached hydrogens (tertiary/aromatic N) is 4. The molecule has 0 radical (unpaired) electrons. The van der Waals surface area contributed by atoms with Gasteiger partial charge in [-0.05, 0) is 31.9 Å². The van der Waals surface area contributed by atoms with Gasteiger partial charge in [0.1, 0.15) is 5.82 Å². The molecule has 1 fully saturated rings. The highest BCUT2D eigenvalue weighted by atomic mass is 32.2. The van der Waals surface area contributed by atoms with Crippen LogP contribution in [-0.2, 0) is 4.79 Å². The fourth-order valence-electron chi connectivity index (χ4n) is 3.18. The van der Waals surface area contributed by atoms with Crippen LogP contribution in [0.5, 0.6) is 0 Å². The maximum atomic E-state index is 12.6. The molecule has 156 valence electrons. The number of aryl methyl sites for hydroxylation is 1. The molecular formula is C23H21N5O2S. The molecule has 2 aromatic carbocycles. The Labute approximate surface area is 183 Å². The number of anilines is 1. The average molecular weight is 432 g/mol. The van der Waals surface area contributed by atoms with Crippen molar-refractivity contribution in [1.29, 1.82) is 0 Å². The van der Waals surface area contributed by atoms with Crippen LogP contribution in [0.2, 0.25) is 0 Å². The molecule has 1 saturated carbocycles. The van der Waals surface area contributed by atoms with Crippen LogP contribution >= 0.6 is 11.8 Å². The third-order valence-corrected chi connectivity index (χ3v) is 5.82. The third kappa shape index (κ3) is 4.54. The van der Waals surface area contributed by atoms with Gasteiger partial charge in [0.15, 0.2) is 0 Å². The Morgan fingerprint density at radius 3 is 2.65 bits per heavy atom. The first-order valence-electron chi connectivity index (χ1n) is 10.1. The highest BCUT2D eigenvalue weighted by Crippen LogP contribution is 2.39. The fourth-order valence-corrected chi connectivity index (χ4v) is 3.75. The van der Waals surface area contributed by atoms with E-state index >= 15 is 0 Å². The first kappa shape index (κ1) is 19.6. The minimum Gasteiger partial charge on any atom is -0.416 e. The minimum atomic E-state index is -0.163. The first-order valence-corrected chi connectivity index (χ1v) is 11.1. The molecule has 1 aliphatic rings. The topological polar surface area (TPSA) is 85.8 Å². The van der Waals surface area contributed by atoms with Crippen molar-refractivity contribution in [2.45, 2.75) is 30.9 Å². The van der Waals surface area contributed by atoms with Gasteiger partial charge in [-0.2, -0.15) is 5.10 Å². The molecule has 0 bridgehead atoms. The maximum absolute atomic E-state index is 12.6. The second-order valence-corrected chi connectivity index (χ2v) is 8.47. The summed E-state index contributed by atoms with van der Waals surface area (Å²) in [5.74, 6) is 1.69. The molecule has 0 aliphatic heterocycles. The fraction of sp³-hybridized carbons (Fsp3) is 0.217. The molecule has 0 atom stereocenters. The smallest absolute Gasteiger partial charge is 0.277 e. The summed E-state index contributed by atoms with van der Waals surface area (Å²) in [5, 5.41) is 16.2. The molecule has 7 nitrogen and oxygen atoms in total. The highest BCUT2D eigenvalue weighted by Gasteiger charge is 2.29. The average Bonchev–Trinajstić information content (AvgIpc) is 3.38. The van der Waals surface area contributed by atoms with E-state index in [2.05, 4.69) is 15.5 Å². The summed E-state index contributed by atoms with van der Waals surface area (Å²) in [4.78, 5) is 12.6. The zero-order chi connectivity index (χ0) is 21.2. The summed E-state index contributed by atoms with van der Waals surface area (Å²) < 4.78 is 7.36. The van der Waals surface area contributed by atoms with Gasteiger partial charge >= 0.3 is 0 Å². The number of para-hydroxylation sites is 1. The van der Waals surface area contributed by atoms with Crippen LogP contribution in [-0.4, -0.2) is 31.6 Å². The molecule has 31 heavy (non-hydrogen) atoms. The van der Waals surface area contributed by atoms with Crippen LogP contribution < -0.4 is 5.32 Å². The van der Waals surface area contributed by atoms with E-state index in [1.54, 1.807) is 4.68 Å². The molecule has 8 heteroatoms. The molecule has 2 aromatic heterocycles. The van der Waals surface area contributed by atoms with Gasteiger partial charge in [0.05, 0.1) is 17.1 Å². The molecule has 0 unspecified atom stereocenters. The Kier molecular flexibility index (Phi) is 5.30. The molecule has 1 N–H and O–H groups in total. The van der Waals surface area contributed by atoms with Crippen molar-refractivity contribution in [3.05, 3.63) is 72.1 Å². The molecule has 2 heterocycles. The Bertz CT molecular complexity index is 1200. The number of carbonyl (C=O) groups excluding carboxylic acids is 1. The maximum Gasteiger partial charge on any atom is 0.277 e. The van der Waals surface area contributed by atoms with Gasteiger partial charge in [0.2, 0.25) is 11.8 Å². The predicted octanol–water partition coefficient (Wildman–Crippen LogP) is 4.84. The first-order chi connectivity index (χ1) is 15.2. The van der Waals surface area contributed by atoms with Gasteiger partial charge in [-0.15, -0.1) is 10.2 Å². The Morgan fingerprint density at radius 1 is 1.13 bits per heavy atom. The Hall–Kier alpha value is -3.39. The lowest BCUT2D eigenvalue weighted by Crippen LogP contribution is -2.16. The molecule has 1 amide bonds. The zero-order valence-electron chi connectivity index (χ0n) is 17.0. The van der Waals surface area contributed by atoms with Gasteiger partial charge in [0.25, 0.3) is 5.22 Å². The molecule has 5 rings (SSSR count). The summed E-state index contributed by atoms with van der Waals surface area (Å²) in [6.45, 7) is 2.05. The van der Waals surface area contributed by atoms with E-state index < -0.39 is 0 Å². The van der Waals surface area contributed by atoms with Gasteiger partial charge < -0.3 is 9.73 Å². The van der Waals surface area contributed by atoms with Crippen molar-refractivity contribution in [3.8, 4) is 16.9 Å². The summed E-state index contributed by atoms with van der Waals surface area (Å²) in [5.41, 5.74) is 3.83. The van der Waals surface area contributed by atoms with E-state index in [1.165, 1.54) is 17.3 Å². The van der Waals surface area contributed by atoms with E-state index in [4.69, 9.17) is 9.52 Å². The van der Waals surface area contributed by atoms with Crippen LogP contribution in [0.3, 0.4) is 0 Å². The minimum absolute atomic E-state index is 0.163. The standard InChI is InChI=1S/C23H21N5O2S/c1-15-7-9-16(10-8-15)19-13-20(28(27-19)18-5-3-2-4-6-18)24-21(29)14-31-23-26-25-22(30-23)17-11-12-17/h2-10,13,17H,11-12,14H2,1H3,(H,24,29). The lowest BCUT2D eigenvalue weighted by Gasteiger charge is -2.08. The normalized spacial score (nSPS) is 13.3. The van der Waals surface area contributed by atoms with E-state index in [1.807, 2.05) is 67.6 Å². The molecule has 0 saturated heterocycles. The lowest BCUT2D eigenvalue weighted by atomic mass is 10.1. The van der Waals surface area contributed by atoms with Gasteiger partial charge in [-0.3, -0.25) is 4.79 Å². The summed E-state index contributed by atoms with van der Waals surface area (Å²) in [6.07, 6.45) is 2.19. The number of amides is 1. The number of hydrogen-bond donors (Lipinski definition) is 1. The Morgan fingerprint density at radius 2 is 1.90 bits per heavy atom. The number of aromatic nitrogens is 4. The van der Waals surface area contributed by atoms with E-state index in [9.17, 15) is 4.79 Å².